The van der Waals surface area contributed by atoms with Gasteiger partial charge in [0.25, 0.3) is 0 Å². The lowest BCUT2D eigenvalue weighted by Crippen LogP contribution is -2.09. The van der Waals surface area contributed by atoms with E-state index in [0.717, 1.165) is 6.07 Å². The Hall–Kier alpha value is -1.63. The first-order valence-corrected chi connectivity index (χ1v) is 6.99. The van der Waals surface area contributed by atoms with Crippen molar-refractivity contribution in [1.82, 2.24) is 9.97 Å². The number of nitrogens with two attached hydrogens (primary N) is 1. The molecule has 0 atom stereocenters. The van der Waals surface area contributed by atoms with Crippen molar-refractivity contribution in [3.63, 3.8) is 0 Å². The zero-order chi connectivity index (χ0) is 15.8. The highest BCUT2D eigenvalue weighted by Crippen LogP contribution is 2.38. The minimum Gasteiger partial charge on any atom is -0.384 e. The van der Waals surface area contributed by atoms with Crippen molar-refractivity contribution in [3.8, 4) is 11.4 Å². The monoisotopic (exact) mass is 359 g/mol. The van der Waals surface area contributed by atoms with E-state index in [2.05, 4.69) is 25.9 Å². The number of aromatic nitrogens is 2. The average Bonchev–Trinajstić information content (AvgIpc) is 2.36. The van der Waals surface area contributed by atoms with Gasteiger partial charge >= 0.3 is 6.18 Å². The molecule has 0 fully saturated rings. The lowest BCUT2D eigenvalue weighted by molar-refractivity contribution is -0.137. The third-order valence-electron chi connectivity index (χ3n) is 2.89. The number of hydrogen-bond donors (Lipinski definition) is 1. The summed E-state index contributed by atoms with van der Waals surface area (Å²) < 4.78 is 39.8. The van der Waals surface area contributed by atoms with Gasteiger partial charge in [0, 0.05) is 21.8 Å². The lowest BCUT2D eigenvalue weighted by atomic mass is 10.1. The highest BCUT2D eigenvalue weighted by Gasteiger charge is 2.34. The van der Waals surface area contributed by atoms with Crippen LogP contribution in [-0.4, -0.2) is 9.97 Å². The van der Waals surface area contributed by atoms with E-state index in [1.54, 1.807) is 6.07 Å². The molecule has 0 aliphatic heterocycles. The summed E-state index contributed by atoms with van der Waals surface area (Å²) in [6.07, 6.45) is -4.49. The Balaban J connectivity index is 2.67. The molecule has 0 saturated heterocycles. The van der Waals surface area contributed by atoms with Crippen molar-refractivity contribution in [1.29, 1.82) is 0 Å². The average molecular weight is 360 g/mol. The van der Waals surface area contributed by atoms with Crippen molar-refractivity contribution in [3.05, 3.63) is 40.0 Å². The molecule has 0 unspecified atom stereocenters. The molecule has 3 nitrogen and oxygen atoms in total. The van der Waals surface area contributed by atoms with E-state index in [9.17, 15) is 13.2 Å². The van der Waals surface area contributed by atoms with Crippen molar-refractivity contribution >= 4 is 21.7 Å². The van der Waals surface area contributed by atoms with E-state index < -0.39 is 11.7 Å². The molecule has 0 saturated carbocycles. The standard InChI is InChI=1S/C14H13BrF3N3/c1-7(2)11-6-12(19)21-13(20-11)9-4-3-8(15)5-10(9)14(16,17)18/h3-7H,1-2H3,(H2,19,20,21). The molecule has 0 bridgehead atoms. The van der Waals surface area contributed by atoms with Crippen molar-refractivity contribution in [2.24, 2.45) is 0 Å². The van der Waals surface area contributed by atoms with Crippen LogP contribution in [0.15, 0.2) is 28.7 Å². The third kappa shape index (κ3) is 3.53. The van der Waals surface area contributed by atoms with Gasteiger partial charge in [-0.15, -0.1) is 0 Å². The highest BCUT2D eigenvalue weighted by atomic mass is 79.9. The molecule has 0 spiro atoms. The highest BCUT2D eigenvalue weighted by molar-refractivity contribution is 9.10. The first-order valence-electron chi connectivity index (χ1n) is 6.20. The Bertz CT molecular complexity index is 669. The Morgan fingerprint density at radius 3 is 2.38 bits per heavy atom. The maximum atomic E-state index is 13.2. The summed E-state index contributed by atoms with van der Waals surface area (Å²) in [5.41, 5.74) is 5.41. The number of alkyl halides is 3. The van der Waals surface area contributed by atoms with Crippen molar-refractivity contribution < 1.29 is 13.2 Å². The summed E-state index contributed by atoms with van der Waals surface area (Å²) in [7, 11) is 0. The van der Waals surface area contributed by atoms with Gasteiger partial charge in [-0.05, 0) is 24.1 Å². The molecule has 1 aromatic heterocycles. The van der Waals surface area contributed by atoms with Gasteiger partial charge in [-0.2, -0.15) is 13.2 Å². The van der Waals surface area contributed by atoms with Gasteiger partial charge in [0.1, 0.15) is 5.82 Å². The van der Waals surface area contributed by atoms with E-state index in [0.29, 0.717) is 10.2 Å². The van der Waals surface area contributed by atoms with Crippen molar-refractivity contribution in [2.75, 3.05) is 5.73 Å². The number of nitrogens with zero attached hydrogens (tertiary/aromatic N) is 2. The second-order valence-corrected chi connectivity index (χ2v) is 5.80. The fourth-order valence-electron chi connectivity index (χ4n) is 1.85. The van der Waals surface area contributed by atoms with Crippen molar-refractivity contribution in [2.45, 2.75) is 25.9 Å². The molecule has 21 heavy (non-hydrogen) atoms. The van der Waals surface area contributed by atoms with Crippen LogP contribution in [0, 0.1) is 0 Å². The molecular formula is C14H13BrF3N3. The number of benzene rings is 1. The van der Waals surface area contributed by atoms with E-state index in [1.165, 1.54) is 12.1 Å². The van der Waals surface area contributed by atoms with Crippen LogP contribution < -0.4 is 5.73 Å². The first kappa shape index (κ1) is 15.8. The van der Waals surface area contributed by atoms with Gasteiger partial charge in [-0.3, -0.25) is 0 Å². The van der Waals surface area contributed by atoms with Crippen LogP contribution in [-0.2, 0) is 6.18 Å². The smallest absolute Gasteiger partial charge is 0.384 e. The van der Waals surface area contributed by atoms with Crippen LogP contribution >= 0.6 is 15.9 Å². The van der Waals surface area contributed by atoms with Gasteiger partial charge in [-0.1, -0.05) is 29.8 Å². The molecule has 2 aromatic rings. The number of anilines is 1. The fourth-order valence-corrected chi connectivity index (χ4v) is 2.21. The zero-order valence-electron chi connectivity index (χ0n) is 11.4. The van der Waals surface area contributed by atoms with Crippen LogP contribution in [0.1, 0.15) is 31.0 Å². The summed E-state index contributed by atoms with van der Waals surface area (Å²) in [5.74, 6) is 0.178. The van der Waals surface area contributed by atoms with Crippen LogP contribution in [0.3, 0.4) is 0 Å². The molecule has 0 amide bonds. The van der Waals surface area contributed by atoms with Gasteiger partial charge in [0.05, 0.1) is 5.56 Å². The molecular weight excluding hydrogens is 347 g/mol. The van der Waals surface area contributed by atoms with Gasteiger partial charge < -0.3 is 5.73 Å². The second kappa shape index (κ2) is 5.63. The third-order valence-corrected chi connectivity index (χ3v) is 3.38. The molecule has 1 aromatic carbocycles. The van der Waals surface area contributed by atoms with Gasteiger partial charge in [-0.25, -0.2) is 9.97 Å². The number of hydrogen-bond acceptors (Lipinski definition) is 3. The maximum absolute atomic E-state index is 13.2. The van der Waals surface area contributed by atoms with Crippen LogP contribution in [0.25, 0.3) is 11.4 Å². The quantitative estimate of drug-likeness (QED) is 0.850. The predicted molar refractivity (Wildman–Crippen MR) is 78.7 cm³/mol. The minimum atomic E-state index is -4.49. The summed E-state index contributed by atoms with van der Waals surface area (Å²) in [4.78, 5) is 8.14. The number of halogens is 4. The lowest BCUT2D eigenvalue weighted by Gasteiger charge is -2.14. The summed E-state index contributed by atoms with van der Waals surface area (Å²) in [6.45, 7) is 3.77. The largest absolute Gasteiger partial charge is 0.417 e. The van der Waals surface area contributed by atoms with Gasteiger partial charge in [0.15, 0.2) is 5.82 Å². The van der Waals surface area contributed by atoms with E-state index in [4.69, 9.17) is 5.73 Å². The predicted octanol–water partition coefficient (Wildman–Crippen LogP) is 4.63. The summed E-state index contributed by atoms with van der Waals surface area (Å²) in [6, 6.07) is 5.44. The number of nitrogen functional groups attached to an aromatic ring is 1. The number of rotatable bonds is 2. The molecule has 7 heteroatoms. The van der Waals surface area contributed by atoms with E-state index in [1.807, 2.05) is 13.8 Å². The Kier molecular flexibility index (Phi) is 4.22. The minimum absolute atomic E-state index is 0.0153. The topological polar surface area (TPSA) is 51.8 Å². The Morgan fingerprint density at radius 1 is 1.14 bits per heavy atom. The van der Waals surface area contributed by atoms with Crippen LogP contribution in [0.4, 0.5) is 19.0 Å². The SMILES string of the molecule is CC(C)c1cc(N)nc(-c2ccc(Br)cc2C(F)(F)F)n1. The van der Waals surface area contributed by atoms with E-state index >= 15 is 0 Å². The summed E-state index contributed by atoms with van der Waals surface area (Å²) in [5, 5.41) is 0. The first-order chi connectivity index (χ1) is 9.68. The van der Waals surface area contributed by atoms with Crippen LogP contribution in [0.2, 0.25) is 0 Å². The molecule has 0 aliphatic carbocycles. The molecule has 2 N–H and O–H groups in total. The Labute approximate surface area is 128 Å². The summed E-state index contributed by atoms with van der Waals surface area (Å²) >= 11 is 3.05. The molecule has 0 radical (unpaired) electrons. The molecule has 1 heterocycles. The Morgan fingerprint density at radius 2 is 1.81 bits per heavy atom. The fraction of sp³-hybridized carbons (Fsp3) is 0.286. The normalized spacial score (nSPS) is 12.0. The zero-order valence-corrected chi connectivity index (χ0v) is 13.0. The molecule has 0 aliphatic rings. The maximum Gasteiger partial charge on any atom is 0.417 e. The van der Waals surface area contributed by atoms with Crippen LogP contribution in [0.5, 0.6) is 0 Å². The molecule has 2 rings (SSSR count). The second-order valence-electron chi connectivity index (χ2n) is 4.88. The molecule has 112 valence electrons. The van der Waals surface area contributed by atoms with Gasteiger partial charge in [0.2, 0.25) is 0 Å². The van der Waals surface area contributed by atoms with E-state index in [-0.39, 0.29) is 23.1 Å².